The van der Waals surface area contributed by atoms with Crippen LogP contribution in [-0.4, -0.2) is 30.3 Å². The second kappa shape index (κ2) is 5.85. The van der Waals surface area contributed by atoms with Crippen LogP contribution in [0.4, 0.5) is 5.82 Å². The van der Waals surface area contributed by atoms with Gasteiger partial charge in [0.25, 0.3) is 0 Å². The molecule has 1 aromatic heterocycles. The summed E-state index contributed by atoms with van der Waals surface area (Å²) >= 11 is 3.28. The van der Waals surface area contributed by atoms with E-state index in [1.165, 1.54) is 12.6 Å². The number of piperidine rings is 1. The van der Waals surface area contributed by atoms with E-state index in [4.69, 9.17) is 5.73 Å². The Balaban J connectivity index is 1.98. The Morgan fingerprint density at radius 2 is 1.95 bits per heavy atom. The molecule has 2 atom stereocenters. The van der Waals surface area contributed by atoms with Crippen molar-refractivity contribution in [1.82, 2.24) is 9.29 Å². The first-order valence-electron chi connectivity index (χ1n) is 7.43. The largest absolute Gasteiger partial charge is 0.383 e. The van der Waals surface area contributed by atoms with Crippen molar-refractivity contribution < 1.29 is 8.42 Å². The van der Waals surface area contributed by atoms with Gasteiger partial charge in [-0.05, 0) is 53.6 Å². The summed E-state index contributed by atoms with van der Waals surface area (Å²) in [5.74, 6) is 0.583. The van der Waals surface area contributed by atoms with Gasteiger partial charge < -0.3 is 5.73 Å². The Hall–Kier alpha value is -0.660. The molecule has 2 aliphatic rings. The van der Waals surface area contributed by atoms with Crippen LogP contribution in [0.3, 0.4) is 0 Å². The summed E-state index contributed by atoms with van der Waals surface area (Å²) in [6, 6.07) is 1.69. The lowest BCUT2D eigenvalue weighted by Crippen LogP contribution is -2.49. The van der Waals surface area contributed by atoms with Crippen LogP contribution < -0.4 is 5.73 Å². The van der Waals surface area contributed by atoms with Crippen molar-refractivity contribution >= 4 is 31.8 Å². The summed E-state index contributed by atoms with van der Waals surface area (Å²) in [6.45, 7) is 0.593. The monoisotopic (exact) mass is 373 g/mol. The Morgan fingerprint density at radius 1 is 1.24 bits per heavy atom. The number of pyridine rings is 1. The highest BCUT2D eigenvalue weighted by Crippen LogP contribution is 2.38. The molecule has 3 rings (SSSR count). The molecule has 0 spiro atoms. The SMILES string of the molecule is Nc1ncc(Br)cc1S(=O)(=O)N1CCC[C@H]2CCCC[C@H]21. The molecule has 0 unspecified atom stereocenters. The van der Waals surface area contributed by atoms with E-state index >= 15 is 0 Å². The maximum absolute atomic E-state index is 13.0. The lowest BCUT2D eigenvalue weighted by atomic mass is 9.79. The van der Waals surface area contributed by atoms with Crippen LogP contribution in [0.2, 0.25) is 0 Å². The van der Waals surface area contributed by atoms with Crippen molar-refractivity contribution in [3.63, 3.8) is 0 Å². The van der Waals surface area contributed by atoms with Gasteiger partial charge in [0.2, 0.25) is 10.0 Å². The van der Waals surface area contributed by atoms with Gasteiger partial charge >= 0.3 is 0 Å². The van der Waals surface area contributed by atoms with Gasteiger partial charge in [0, 0.05) is 23.3 Å². The minimum Gasteiger partial charge on any atom is -0.383 e. The Morgan fingerprint density at radius 3 is 2.76 bits per heavy atom. The quantitative estimate of drug-likeness (QED) is 0.864. The molecule has 1 saturated carbocycles. The molecule has 21 heavy (non-hydrogen) atoms. The number of nitrogens with zero attached hydrogens (tertiary/aromatic N) is 2. The van der Waals surface area contributed by atoms with Crippen LogP contribution in [0.1, 0.15) is 38.5 Å². The third-order valence-corrected chi connectivity index (χ3v) is 7.01. The summed E-state index contributed by atoms with van der Waals surface area (Å²) in [7, 11) is -3.57. The first kappa shape index (κ1) is 15.2. The van der Waals surface area contributed by atoms with Gasteiger partial charge in [-0.15, -0.1) is 0 Å². The third kappa shape index (κ3) is 2.83. The zero-order valence-electron chi connectivity index (χ0n) is 11.8. The van der Waals surface area contributed by atoms with Crippen molar-refractivity contribution in [3.05, 3.63) is 16.7 Å². The molecule has 2 N–H and O–H groups in total. The summed E-state index contributed by atoms with van der Waals surface area (Å²) < 4.78 is 28.3. The van der Waals surface area contributed by atoms with E-state index in [1.807, 2.05) is 0 Å². The van der Waals surface area contributed by atoms with Crippen molar-refractivity contribution in [2.45, 2.75) is 49.5 Å². The minimum atomic E-state index is -3.57. The normalized spacial score (nSPS) is 27.3. The predicted molar refractivity (Wildman–Crippen MR) is 85.2 cm³/mol. The van der Waals surface area contributed by atoms with Gasteiger partial charge in [0.15, 0.2) is 0 Å². The maximum Gasteiger partial charge on any atom is 0.247 e. The molecule has 0 amide bonds. The molecule has 1 aliphatic carbocycles. The van der Waals surface area contributed by atoms with Gasteiger partial charge in [0.1, 0.15) is 10.7 Å². The summed E-state index contributed by atoms with van der Waals surface area (Å²) in [4.78, 5) is 4.10. The van der Waals surface area contributed by atoms with E-state index in [9.17, 15) is 8.42 Å². The van der Waals surface area contributed by atoms with Crippen LogP contribution in [0.5, 0.6) is 0 Å². The fourth-order valence-electron chi connectivity index (χ4n) is 3.64. The van der Waals surface area contributed by atoms with Gasteiger partial charge in [0.05, 0.1) is 0 Å². The smallest absolute Gasteiger partial charge is 0.247 e. The molecule has 116 valence electrons. The van der Waals surface area contributed by atoms with Crippen molar-refractivity contribution in [3.8, 4) is 0 Å². The molecule has 7 heteroatoms. The van der Waals surface area contributed by atoms with E-state index in [1.54, 1.807) is 10.4 Å². The third-order valence-electron chi connectivity index (χ3n) is 4.63. The minimum absolute atomic E-state index is 0.0798. The van der Waals surface area contributed by atoms with Gasteiger partial charge in [-0.2, -0.15) is 4.31 Å². The second-order valence-corrected chi connectivity index (χ2v) is 8.68. The lowest BCUT2D eigenvalue weighted by Gasteiger charge is -2.43. The van der Waals surface area contributed by atoms with Crippen molar-refractivity contribution in [2.75, 3.05) is 12.3 Å². The highest BCUT2D eigenvalue weighted by atomic mass is 79.9. The zero-order chi connectivity index (χ0) is 15.0. The number of fused-ring (bicyclic) bond motifs is 1. The van der Waals surface area contributed by atoms with E-state index < -0.39 is 10.0 Å². The highest BCUT2D eigenvalue weighted by molar-refractivity contribution is 9.10. The first-order chi connectivity index (χ1) is 10.00. The van der Waals surface area contributed by atoms with Crippen molar-refractivity contribution in [2.24, 2.45) is 5.92 Å². The van der Waals surface area contributed by atoms with Crippen LogP contribution >= 0.6 is 15.9 Å². The Kier molecular flexibility index (Phi) is 4.25. The summed E-state index contributed by atoms with van der Waals surface area (Å²) in [6.07, 6.45) is 8.03. The maximum atomic E-state index is 13.0. The van der Waals surface area contributed by atoms with Crippen LogP contribution in [0, 0.1) is 5.92 Å². The number of hydrogen-bond acceptors (Lipinski definition) is 4. The molecule has 1 aromatic rings. The first-order valence-corrected chi connectivity index (χ1v) is 9.66. The topological polar surface area (TPSA) is 76.3 Å². The molecule has 1 aliphatic heterocycles. The predicted octanol–water partition coefficient (Wildman–Crippen LogP) is 2.77. The molecule has 0 aromatic carbocycles. The average Bonchev–Trinajstić information content (AvgIpc) is 2.49. The van der Waals surface area contributed by atoms with Gasteiger partial charge in [-0.1, -0.05) is 12.8 Å². The standard InChI is InChI=1S/C14H20BrN3O2S/c15-11-8-13(14(16)17-9-11)21(19,20)18-7-3-5-10-4-1-2-6-12(10)18/h8-10,12H,1-7H2,(H2,16,17)/t10-,12-/m1/s1. The van der Waals surface area contributed by atoms with E-state index in [2.05, 4.69) is 20.9 Å². The number of rotatable bonds is 2. The Bertz CT molecular complexity index is 633. The fraction of sp³-hybridized carbons (Fsp3) is 0.643. The number of aromatic nitrogens is 1. The molecule has 1 saturated heterocycles. The molecule has 2 fully saturated rings. The molecule has 0 radical (unpaired) electrons. The van der Waals surface area contributed by atoms with Gasteiger partial charge in [-0.25, -0.2) is 13.4 Å². The molecule has 0 bridgehead atoms. The van der Waals surface area contributed by atoms with E-state index in [0.29, 0.717) is 16.9 Å². The Labute approximate surface area is 134 Å². The second-order valence-electron chi connectivity index (χ2n) is 5.91. The fourth-order valence-corrected chi connectivity index (χ4v) is 5.97. The van der Waals surface area contributed by atoms with Gasteiger partial charge in [-0.3, -0.25) is 0 Å². The number of nitrogens with two attached hydrogens (primary N) is 1. The van der Waals surface area contributed by atoms with E-state index in [0.717, 1.165) is 32.1 Å². The van der Waals surface area contributed by atoms with Crippen LogP contribution in [-0.2, 0) is 10.0 Å². The average molecular weight is 374 g/mol. The number of sulfonamides is 1. The highest BCUT2D eigenvalue weighted by Gasteiger charge is 2.40. The summed E-state index contributed by atoms with van der Waals surface area (Å²) in [5.41, 5.74) is 5.81. The molecular formula is C14H20BrN3O2S. The van der Waals surface area contributed by atoms with Crippen LogP contribution in [0.15, 0.2) is 21.6 Å². The van der Waals surface area contributed by atoms with Crippen LogP contribution in [0.25, 0.3) is 0 Å². The number of hydrogen-bond donors (Lipinski definition) is 1. The molecule has 2 heterocycles. The number of halogens is 1. The summed E-state index contributed by atoms with van der Waals surface area (Å²) in [5, 5.41) is 0. The number of nitrogen functional groups attached to an aromatic ring is 1. The zero-order valence-corrected chi connectivity index (χ0v) is 14.2. The van der Waals surface area contributed by atoms with E-state index in [-0.39, 0.29) is 16.8 Å². The van der Waals surface area contributed by atoms with Crippen molar-refractivity contribution in [1.29, 1.82) is 0 Å². The lowest BCUT2D eigenvalue weighted by molar-refractivity contribution is 0.129. The molecular weight excluding hydrogens is 354 g/mol. The molecule has 5 nitrogen and oxygen atoms in total. The number of anilines is 1.